The van der Waals surface area contributed by atoms with Gasteiger partial charge in [0.05, 0.1) is 12.1 Å². The van der Waals surface area contributed by atoms with Crippen LogP contribution in [-0.4, -0.2) is 24.5 Å². The van der Waals surface area contributed by atoms with E-state index in [0.29, 0.717) is 24.4 Å². The molecule has 0 spiro atoms. The normalized spacial score (nSPS) is 16.3. The average molecular weight is 480 g/mol. The third-order valence-electron chi connectivity index (χ3n) is 6.66. The molecule has 0 N–H and O–H groups in total. The molecular weight excluding hydrogens is 436 g/mol. The molecule has 1 aliphatic rings. The molecule has 190 valence electrons. The molecule has 0 aliphatic carbocycles. The van der Waals surface area contributed by atoms with E-state index in [4.69, 9.17) is 0 Å². The van der Waals surface area contributed by atoms with Crippen molar-refractivity contribution in [2.75, 3.05) is 19.6 Å². The fourth-order valence-electron chi connectivity index (χ4n) is 4.76. The Balaban J connectivity index is 2.30. The Bertz CT molecular complexity index is 994. The maximum Gasteiger partial charge on any atom is 0.174 e. The lowest BCUT2D eigenvalue weighted by molar-refractivity contribution is 0.255. The fourth-order valence-corrected chi connectivity index (χ4v) is 4.76. The molecule has 3 heteroatoms. The third kappa shape index (κ3) is 9.29. The summed E-state index contributed by atoms with van der Waals surface area (Å²) in [5, 5.41) is 0. The maximum atomic E-state index is 15.2. The van der Waals surface area contributed by atoms with Crippen LogP contribution in [-0.2, 0) is 6.42 Å². The van der Waals surface area contributed by atoms with Crippen LogP contribution >= 0.6 is 0 Å². The van der Waals surface area contributed by atoms with Crippen LogP contribution in [0.5, 0.6) is 0 Å². The summed E-state index contributed by atoms with van der Waals surface area (Å²) in [7, 11) is 0. The summed E-state index contributed by atoms with van der Waals surface area (Å²) >= 11 is 0. The standard InChI is InChI=1S/C32H43F2N/c1-7-9-18-32(6,23-28(14-8-2)26(5)22-25(3)4)24-29-17-16-27(30(33)31(29)34)15-13-21-35-19-11-10-12-20-35/h14,16-17,23,25H,2,5,7,9-12,18-22,24H2,1,3-4,6H3/b28-23-. The van der Waals surface area contributed by atoms with Crippen LogP contribution in [0.4, 0.5) is 8.78 Å². The predicted octanol–water partition coefficient (Wildman–Crippen LogP) is 8.41. The molecule has 0 saturated carbocycles. The van der Waals surface area contributed by atoms with Crippen LogP contribution in [0.1, 0.15) is 83.8 Å². The molecule has 1 heterocycles. The molecule has 0 amide bonds. The van der Waals surface area contributed by atoms with Crippen LogP contribution in [0, 0.1) is 34.8 Å². The van der Waals surface area contributed by atoms with E-state index in [0.717, 1.165) is 49.9 Å². The first-order chi connectivity index (χ1) is 16.7. The SMILES string of the molecule is C=C=C/C(=C/C(C)(CCCC)Cc1ccc(C#CCN2CCCCC2)c(F)c1F)C(=C)CC(C)C. The van der Waals surface area contributed by atoms with Crippen molar-refractivity contribution in [2.24, 2.45) is 11.3 Å². The quantitative estimate of drug-likeness (QED) is 0.175. The van der Waals surface area contributed by atoms with Gasteiger partial charge in [-0.1, -0.05) is 84.1 Å². The number of piperidine rings is 1. The van der Waals surface area contributed by atoms with Crippen molar-refractivity contribution in [3.63, 3.8) is 0 Å². The van der Waals surface area contributed by atoms with E-state index in [1.165, 1.54) is 19.3 Å². The van der Waals surface area contributed by atoms with E-state index >= 15 is 4.39 Å². The summed E-state index contributed by atoms with van der Waals surface area (Å²) in [6, 6.07) is 3.33. The number of hydrogen-bond donors (Lipinski definition) is 0. The molecule has 0 bridgehead atoms. The fraction of sp³-hybridized carbons (Fsp3) is 0.531. The van der Waals surface area contributed by atoms with Crippen LogP contribution in [0.15, 0.2) is 54.3 Å². The smallest absolute Gasteiger partial charge is 0.174 e. The number of benzene rings is 1. The predicted molar refractivity (Wildman–Crippen MR) is 145 cm³/mol. The van der Waals surface area contributed by atoms with Crippen molar-refractivity contribution >= 4 is 0 Å². The van der Waals surface area contributed by atoms with E-state index < -0.39 is 11.6 Å². The van der Waals surface area contributed by atoms with Crippen molar-refractivity contribution in [1.29, 1.82) is 0 Å². The molecule has 0 radical (unpaired) electrons. The number of rotatable bonds is 11. The molecule has 0 aromatic heterocycles. The van der Waals surface area contributed by atoms with Gasteiger partial charge in [-0.25, -0.2) is 8.78 Å². The van der Waals surface area contributed by atoms with Gasteiger partial charge in [-0.2, -0.15) is 0 Å². The van der Waals surface area contributed by atoms with Crippen LogP contribution < -0.4 is 0 Å². The Hall–Kier alpha value is -2.40. The van der Waals surface area contributed by atoms with Crippen molar-refractivity contribution < 1.29 is 8.78 Å². The summed E-state index contributed by atoms with van der Waals surface area (Å²) in [4.78, 5) is 2.27. The van der Waals surface area contributed by atoms with Gasteiger partial charge in [-0.3, -0.25) is 4.90 Å². The number of nitrogens with zero attached hydrogens (tertiary/aromatic N) is 1. The second-order valence-electron chi connectivity index (χ2n) is 10.6. The molecule has 1 aliphatic heterocycles. The van der Waals surface area contributed by atoms with Crippen molar-refractivity contribution in [3.8, 4) is 11.8 Å². The van der Waals surface area contributed by atoms with Gasteiger partial charge in [0.2, 0.25) is 0 Å². The molecule has 1 aromatic rings. The van der Waals surface area contributed by atoms with Crippen LogP contribution in [0.25, 0.3) is 0 Å². The van der Waals surface area contributed by atoms with E-state index in [1.807, 2.05) is 6.08 Å². The van der Waals surface area contributed by atoms with Gasteiger partial charge in [0.25, 0.3) is 0 Å². The Morgan fingerprint density at radius 3 is 2.51 bits per heavy atom. The average Bonchev–Trinajstić information content (AvgIpc) is 2.82. The highest BCUT2D eigenvalue weighted by molar-refractivity contribution is 5.41. The molecule has 1 aromatic carbocycles. The van der Waals surface area contributed by atoms with E-state index in [2.05, 4.69) is 69.4 Å². The zero-order valence-corrected chi connectivity index (χ0v) is 22.3. The lowest BCUT2D eigenvalue weighted by atomic mass is 9.76. The van der Waals surface area contributed by atoms with Crippen molar-refractivity contribution in [2.45, 2.75) is 79.1 Å². The van der Waals surface area contributed by atoms with E-state index in [9.17, 15) is 4.39 Å². The molecule has 1 saturated heterocycles. The third-order valence-corrected chi connectivity index (χ3v) is 6.66. The van der Waals surface area contributed by atoms with Gasteiger partial charge in [-0.15, -0.1) is 5.73 Å². The maximum absolute atomic E-state index is 15.2. The van der Waals surface area contributed by atoms with Crippen LogP contribution in [0.3, 0.4) is 0 Å². The minimum atomic E-state index is -0.842. The van der Waals surface area contributed by atoms with Gasteiger partial charge < -0.3 is 0 Å². The summed E-state index contributed by atoms with van der Waals surface area (Å²) in [6.45, 7) is 19.2. The minimum absolute atomic E-state index is 0.134. The lowest BCUT2D eigenvalue weighted by Crippen LogP contribution is -2.29. The first-order valence-corrected chi connectivity index (χ1v) is 13.1. The summed E-state index contributed by atoms with van der Waals surface area (Å²) < 4.78 is 30.2. The van der Waals surface area contributed by atoms with Gasteiger partial charge >= 0.3 is 0 Å². The Morgan fingerprint density at radius 2 is 1.89 bits per heavy atom. The van der Waals surface area contributed by atoms with Crippen LogP contribution in [0.2, 0.25) is 0 Å². The minimum Gasteiger partial charge on any atom is -0.292 e. The number of unbranched alkanes of at least 4 members (excludes halogenated alkanes) is 1. The first kappa shape index (κ1) is 28.8. The summed E-state index contributed by atoms with van der Waals surface area (Å²) in [5.41, 5.74) is 5.04. The second kappa shape index (κ2) is 14.2. The number of likely N-dealkylation sites (tertiary alicyclic amines) is 1. The Morgan fingerprint density at radius 1 is 1.17 bits per heavy atom. The highest BCUT2D eigenvalue weighted by Crippen LogP contribution is 2.35. The highest BCUT2D eigenvalue weighted by atomic mass is 19.2. The molecule has 1 fully saturated rings. The number of halogens is 2. The van der Waals surface area contributed by atoms with Gasteiger partial charge in [0.15, 0.2) is 11.6 Å². The molecule has 2 rings (SSSR count). The number of allylic oxidation sites excluding steroid dienone is 4. The molecule has 35 heavy (non-hydrogen) atoms. The number of hydrogen-bond acceptors (Lipinski definition) is 1. The lowest BCUT2D eigenvalue weighted by Gasteiger charge is -2.28. The zero-order valence-electron chi connectivity index (χ0n) is 22.3. The molecular formula is C32H43F2N. The van der Waals surface area contributed by atoms with E-state index in [1.54, 1.807) is 12.1 Å². The van der Waals surface area contributed by atoms with Gasteiger partial charge in [0, 0.05) is 0 Å². The molecule has 1 atom stereocenters. The first-order valence-electron chi connectivity index (χ1n) is 13.1. The Kier molecular flexibility index (Phi) is 11.7. The largest absolute Gasteiger partial charge is 0.292 e. The zero-order chi connectivity index (χ0) is 25.8. The van der Waals surface area contributed by atoms with E-state index in [-0.39, 0.29) is 11.0 Å². The highest BCUT2D eigenvalue weighted by Gasteiger charge is 2.26. The summed E-state index contributed by atoms with van der Waals surface area (Å²) in [6.07, 6.45) is 11.8. The monoisotopic (exact) mass is 479 g/mol. The van der Waals surface area contributed by atoms with Gasteiger partial charge in [-0.05, 0) is 85.4 Å². The second-order valence-corrected chi connectivity index (χ2v) is 10.6. The van der Waals surface area contributed by atoms with Crippen molar-refractivity contribution in [3.05, 3.63) is 77.1 Å². The molecule has 1 nitrogen and oxygen atoms in total. The van der Waals surface area contributed by atoms with Gasteiger partial charge in [0.1, 0.15) is 0 Å². The van der Waals surface area contributed by atoms with Crippen molar-refractivity contribution in [1.82, 2.24) is 4.90 Å². The summed E-state index contributed by atoms with van der Waals surface area (Å²) in [5.74, 6) is 4.74. The topological polar surface area (TPSA) is 3.24 Å². The molecule has 1 unspecified atom stereocenters. The Labute approximate surface area is 212 Å².